The molecule has 1 aliphatic rings. The van der Waals surface area contributed by atoms with Crippen LogP contribution in [0, 0.1) is 22.6 Å². The Hall–Kier alpha value is -1.56. The van der Waals surface area contributed by atoms with Crippen molar-refractivity contribution in [3.63, 3.8) is 0 Å². The standard InChI is InChI=1S/C15H19FN2/c1-15(2)6-4-3-5-14(15)18-13-8-11(10-17)7-12(16)9-13/h7-9,14,18H,3-6H2,1-2H3. The van der Waals surface area contributed by atoms with Gasteiger partial charge in [0, 0.05) is 11.7 Å². The molecule has 1 unspecified atom stereocenters. The molecule has 0 bridgehead atoms. The summed E-state index contributed by atoms with van der Waals surface area (Å²) in [7, 11) is 0. The van der Waals surface area contributed by atoms with E-state index in [1.807, 2.05) is 6.07 Å². The zero-order valence-electron chi connectivity index (χ0n) is 11.0. The van der Waals surface area contributed by atoms with Crippen molar-refractivity contribution in [2.75, 3.05) is 5.32 Å². The van der Waals surface area contributed by atoms with Gasteiger partial charge in [0.2, 0.25) is 0 Å². The molecule has 3 heteroatoms. The Morgan fingerprint density at radius 2 is 2.11 bits per heavy atom. The lowest BCUT2D eigenvalue weighted by Crippen LogP contribution is -2.38. The van der Waals surface area contributed by atoms with Crippen molar-refractivity contribution in [3.8, 4) is 6.07 Å². The molecule has 96 valence electrons. The Balaban J connectivity index is 2.18. The number of benzene rings is 1. The second-order valence-corrected chi connectivity index (χ2v) is 5.77. The van der Waals surface area contributed by atoms with Gasteiger partial charge < -0.3 is 5.32 Å². The first kappa shape index (κ1) is 12.9. The molecule has 1 aromatic carbocycles. The van der Waals surface area contributed by atoms with Gasteiger partial charge >= 0.3 is 0 Å². The van der Waals surface area contributed by atoms with Crippen molar-refractivity contribution in [3.05, 3.63) is 29.6 Å². The molecule has 1 aliphatic carbocycles. The minimum atomic E-state index is -0.356. The molecular weight excluding hydrogens is 227 g/mol. The van der Waals surface area contributed by atoms with Crippen LogP contribution in [-0.2, 0) is 0 Å². The third kappa shape index (κ3) is 2.81. The molecule has 0 aromatic heterocycles. The van der Waals surface area contributed by atoms with E-state index >= 15 is 0 Å². The van der Waals surface area contributed by atoms with Crippen molar-refractivity contribution < 1.29 is 4.39 Å². The van der Waals surface area contributed by atoms with Gasteiger partial charge in [0.25, 0.3) is 0 Å². The van der Waals surface area contributed by atoms with E-state index < -0.39 is 0 Å². The van der Waals surface area contributed by atoms with E-state index in [-0.39, 0.29) is 11.2 Å². The molecule has 18 heavy (non-hydrogen) atoms. The first-order valence-corrected chi connectivity index (χ1v) is 6.48. The molecule has 0 aliphatic heterocycles. The maximum atomic E-state index is 13.4. The normalized spacial score (nSPS) is 22.2. The zero-order chi connectivity index (χ0) is 13.2. The van der Waals surface area contributed by atoms with E-state index in [0.29, 0.717) is 17.3 Å². The summed E-state index contributed by atoms with van der Waals surface area (Å²) in [4.78, 5) is 0. The zero-order valence-corrected chi connectivity index (χ0v) is 11.0. The van der Waals surface area contributed by atoms with E-state index in [9.17, 15) is 4.39 Å². The Bertz CT molecular complexity index is 474. The highest BCUT2D eigenvalue weighted by Gasteiger charge is 2.32. The van der Waals surface area contributed by atoms with Crippen LogP contribution >= 0.6 is 0 Å². The average Bonchev–Trinajstić information content (AvgIpc) is 2.31. The first-order chi connectivity index (χ1) is 8.51. The molecule has 2 nitrogen and oxygen atoms in total. The Morgan fingerprint density at radius 3 is 2.78 bits per heavy atom. The van der Waals surface area contributed by atoms with Crippen LogP contribution in [0.1, 0.15) is 45.1 Å². The van der Waals surface area contributed by atoms with Crippen molar-refractivity contribution in [1.82, 2.24) is 0 Å². The molecule has 0 radical (unpaired) electrons. The summed E-state index contributed by atoms with van der Waals surface area (Å²) in [6.07, 6.45) is 4.76. The second kappa shape index (κ2) is 4.97. The number of nitrogens with one attached hydrogen (secondary N) is 1. The Labute approximate surface area is 108 Å². The SMILES string of the molecule is CC1(C)CCCCC1Nc1cc(F)cc(C#N)c1. The molecule has 0 spiro atoms. The van der Waals surface area contributed by atoms with Crippen LogP contribution < -0.4 is 5.32 Å². The van der Waals surface area contributed by atoms with Gasteiger partial charge in [-0.3, -0.25) is 0 Å². The van der Waals surface area contributed by atoms with Gasteiger partial charge in [0.1, 0.15) is 5.82 Å². The highest BCUT2D eigenvalue weighted by atomic mass is 19.1. The van der Waals surface area contributed by atoms with E-state index in [4.69, 9.17) is 5.26 Å². The molecule has 1 saturated carbocycles. The molecule has 2 rings (SSSR count). The van der Waals surface area contributed by atoms with Crippen molar-refractivity contribution >= 4 is 5.69 Å². The van der Waals surface area contributed by atoms with Crippen LogP contribution in [-0.4, -0.2) is 6.04 Å². The number of nitrogens with zero attached hydrogens (tertiary/aromatic N) is 1. The van der Waals surface area contributed by atoms with Gasteiger partial charge in [0.05, 0.1) is 11.6 Å². The van der Waals surface area contributed by atoms with E-state index in [2.05, 4.69) is 19.2 Å². The van der Waals surface area contributed by atoms with Gasteiger partial charge in [-0.1, -0.05) is 26.7 Å². The summed E-state index contributed by atoms with van der Waals surface area (Å²) >= 11 is 0. The predicted molar refractivity (Wildman–Crippen MR) is 70.8 cm³/mol. The molecule has 0 saturated heterocycles. The van der Waals surface area contributed by atoms with Crippen LogP contribution in [0.4, 0.5) is 10.1 Å². The summed E-state index contributed by atoms with van der Waals surface area (Å²) in [5.41, 5.74) is 1.30. The van der Waals surface area contributed by atoms with E-state index in [1.54, 1.807) is 6.07 Å². The minimum Gasteiger partial charge on any atom is -0.382 e. The van der Waals surface area contributed by atoms with Crippen molar-refractivity contribution in [2.45, 2.75) is 45.6 Å². The lowest BCUT2D eigenvalue weighted by Gasteiger charge is -2.39. The Morgan fingerprint density at radius 1 is 1.33 bits per heavy atom. The van der Waals surface area contributed by atoms with Crippen molar-refractivity contribution in [2.24, 2.45) is 5.41 Å². The third-order valence-electron chi connectivity index (χ3n) is 3.88. The first-order valence-electron chi connectivity index (χ1n) is 6.48. The van der Waals surface area contributed by atoms with Gasteiger partial charge in [-0.05, 0) is 36.5 Å². The summed E-state index contributed by atoms with van der Waals surface area (Å²) in [5, 5.41) is 12.2. The maximum absolute atomic E-state index is 13.4. The number of rotatable bonds is 2. The molecule has 1 aromatic rings. The number of hydrogen-bond acceptors (Lipinski definition) is 2. The summed E-state index contributed by atoms with van der Waals surface area (Å²) in [6, 6.07) is 6.77. The topological polar surface area (TPSA) is 35.8 Å². The van der Waals surface area contributed by atoms with Crippen LogP contribution in [0.15, 0.2) is 18.2 Å². The van der Waals surface area contributed by atoms with E-state index in [1.165, 1.54) is 31.4 Å². The maximum Gasteiger partial charge on any atom is 0.126 e. The lowest BCUT2D eigenvalue weighted by atomic mass is 9.73. The van der Waals surface area contributed by atoms with Crippen LogP contribution in [0.3, 0.4) is 0 Å². The molecule has 1 atom stereocenters. The fourth-order valence-electron chi connectivity index (χ4n) is 2.70. The minimum absolute atomic E-state index is 0.220. The monoisotopic (exact) mass is 246 g/mol. The Kier molecular flexibility index (Phi) is 3.56. The summed E-state index contributed by atoms with van der Waals surface area (Å²) < 4.78 is 13.4. The number of anilines is 1. The predicted octanol–water partition coefficient (Wildman–Crippen LogP) is 4.08. The fraction of sp³-hybridized carbons (Fsp3) is 0.533. The van der Waals surface area contributed by atoms with Gasteiger partial charge in [-0.15, -0.1) is 0 Å². The fourth-order valence-corrected chi connectivity index (χ4v) is 2.70. The van der Waals surface area contributed by atoms with Gasteiger partial charge in [-0.25, -0.2) is 4.39 Å². The third-order valence-corrected chi connectivity index (χ3v) is 3.88. The highest BCUT2D eigenvalue weighted by molar-refractivity contribution is 5.50. The average molecular weight is 246 g/mol. The molecule has 1 fully saturated rings. The highest BCUT2D eigenvalue weighted by Crippen LogP contribution is 2.37. The smallest absolute Gasteiger partial charge is 0.126 e. The quantitative estimate of drug-likeness (QED) is 0.853. The summed E-state index contributed by atoms with van der Waals surface area (Å²) in [6.45, 7) is 4.49. The van der Waals surface area contributed by atoms with Crippen LogP contribution in [0.2, 0.25) is 0 Å². The lowest BCUT2D eigenvalue weighted by molar-refractivity contribution is 0.217. The van der Waals surface area contributed by atoms with Gasteiger partial charge in [0.15, 0.2) is 0 Å². The molecule has 0 amide bonds. The number of hydrogen-bond donors (Lipinski definition) is 1. The number of nitriles is 1. The largest absolute Gasteiger partial charge is 0.382 e. The molecular formula is C15H19FN2. The van der Waals surface area contributed by atoms with Crippen molar-refractivity contribution in [1.29, 1.82) is 5.26 Å². The second-order valence-electron chi connectivity index (χ2n) is 5.77. The number of halogens is 1. The molecule has 0 heterocycles. The summed E-state index contributed by atoms with van der Waals surface area (Å²) in [5.74, 6) is -0.356. The molecule has 1 N–H and O–H groups in total. The van der Waals surface area contributed by atoms with Crippen LogP contribution in [0.5, 0.6) is 0 Å². The van der Waals surface area contributed by atoms with Crippen LogP contribution in [0.25, 0.3) is 0 Å². The van der Waals surface area contributed by atoms with Gasteiger partial charge in [-0.2, -0.15) is 5.26 Å². The van der Waals surface area contributed by atoms with E-state index in [0.717, 1.165) is 6.42 Å².